The van der Waals surface area contributed by atoms with E-state index in [1.165, 1.54) is 12.1 Å². The van der Waals surface area contributed by atoms with Gasteiger partial charge in [0.2, 0.25) is 0 Å². The summed E-state index contributed by atoms with van der Waals surface area (Å²) in [7, 11) is 0. The van der Waals surface area contributed by atoms with Crippen molar-refractivity contribution < 1.29 is 28.9 Å². The Kier molecular flexibility index (Phi) is 4.26. The lowest BCUT2D eigenvalue weighted by molar-refractivity contribution is 0.0364. The molecule has 6 nitrogen and oxygen atoms in total. The van der Waals surface area contributed by atoms with E-state index in [-0.39, 0.29) is 11.3 Å². The van der Waals surface area contributed by atoms with Crippen LogP contribution in [0.25, 0.3) is 11.0 Å². The fourth-order valence-corrected chi connectivity index (χ4v) is 1.99. The first kappa shape index (κ1) is 15.4. The van der Waals surface area contributed by atoms with Crippen molar-refractivity contribution in [3.8, 4) is 0 Å². The highest BCUT2D eigenvalue weighted by molar-refractivity contribution is 5.99. The SMILES string of the molecule is Cc1c(C(=O)NC(CO)(CO)CO)oc2c(F)cccc12. The van der Waals surface area contributed by atoms with Gasteiger partial charge in [-0.3, -0.25) is 4.79 Å². The number of carbonyl (C=O) groups is 1. The van der Waals surface area contributed by atoms with Gasteiger partial charge in [-0.25, -0.2) is 4.39 Å². The van der Waals surface area contributed by atoms with Crippen molar-refractivity contribution in [2.24, 2.45) is 0 Å². The number of nitrogens with one attached hydrogen (secondary N) is 1. The summed E-state index contributed by atoms with van der Waals surface area (Å²) in [4.78, 5) is 12.2. The van der Waals surface area contributed by atoms with Gasteiger partial charge >= 0.3 is 0 Å². The zero-order chi connectivity index (χ0) is 15.6. The molecule has 1 heterocycles. The molecule has 0 aliphatic heterocycles. The lowest BCUT2D eigenvalue weighted by Crippen LogP contribution is -2.57. The maximum atomic E-state index is 13.6. The van der Waals surface area contributed by atoms with E-state index in [1.807, 2.05) is 0 Å². The number of fused-ring (bicyclic) bond motifs is 1. The largest absolute Gasteiger partial charge is 0.448 e. The Labute approximate surface area is 119 Å². The summed E-state index contributed by atoms with van der Waals surface area (Å²) in [5, 5.41) is 30.4. The number of para-hydroxylation sites is 1. The van der Waals surface area contributed by atoms with Gasteiger partial charge in [0.05, 0.1) is 19.8 Å². The standard InChI is InChI=1S/C14H16FNO5/c1-8-9-3-2-4-10(15)12(9)21-11(8)13(20)16-14(5-17,6-18)7-19/h2-4,17-19H,5-7H2,1H3,(H,16,20). The Bertz CT molecular complexity index is 654. The highest BCUT2D eigenvalue weighted by Crippen LogP contribution is 2.27. The lowest BCUT2D eigenvalue weighted by Gasteiger charge is -2.28. The van der Waals surface area contributed by atoms with Crippen LogP contribution in [0, 0.1) is 12.7 Å². The highest BCUT2D eigenvalue weighted by atomic mass is 19.1. The Morgan fingerprint density at radius 2 is 1.90 bits per heavy atom. The van der Waals surface area contributed by atoms with E-state index in [0.717, 1.165) is 0 Å². The van der Waals surface area contributed by atoms with Crippen molar-refractivity contribution >= 4 is 16.9 Å². The Morgan fingerprint density at radius 1 is 1.29 bits per heavy atom. The number of halogens is 1. The van der Waals surface area contributed by atoms with Gasteiger partial charge < -0.3 is 25.1 Å². The lowest BCUT2D eigenvalue weighted by atomic mass is 10.0. The van der Waals surface area contributed by atoms with Gasteiger partial charge in [-0.1, -0.05) is 12.1 Å². The number of carbonyl (C=O) groups excluding carboxylic acids is 1. The molecule has 0 fully saturated rings. The minimum atomic E-state index is -1.57. The van der Waals surface area contributed by atoms with E-state index in [4.69, 9.17) is 4.42 Å². The van der Waals surface area contributed by atoms with Gasteiger partial charge in [-0.05, 0) is 13.0 Å². The number of aliphatic hydroxyl groups is 3. The zero-order valence-corrected chi connectivity index (χ0v) is 11.4. The summed E-state index contributed by atoms with van der Waals surface area (Å²) in [6.07, 6.45) is 0. The van der Waals surface area contributed by atoms with E-state index >= 15 is 0 Å². The third-order valence-electron chi connectivity index (χ3n) is 3.41. The zero-order valence-electron chi connectivity index (χ0n) is 11.4. The molecule has 0 atom stereocenters. The maximum absolute atomic E-state index is 13.6. The predicted molar refractivity (Wildman–Crippen MR) is 72.4 cm³/mol. The van der Waals surface area contributed by atoms with Gasteiger partial charge in [-0.15, -0.1) is 0 Å². The van der Waals surface area contributed by atoms with Crippen molar-refractivity contribution in [2.45, 2.75) is 12.5 Å². The van der Waals surface area contributed by atoms with Crippen LogP contribution in [0.2, 0.25) is 0 Å². The first-order valence-electron chi connectivity index (χ1n) is 6.30. The molecule has 21 heavy (non-hydrogen) atoms. The predicted octanol–water partition coefficient (Wildman–Crippen LogP) is 0.326. The molecule has 0 spiro atoms. The van der Waals surface area contributed by atoms with Gasteiger partial charge in [0.25, 0.3) is 5.91 Å². The fraction of sp³-hybridized carbons (Fsp3) is 0.357. The van der Waals surface area contributed by atoms with Crippen LogP contribution in [0.3, 0.4) is 0 Å². The molecule has 4 N–H and O–H groups in total. The molecule has 0 unspecified atom stereocenters. The molecule has 0 saturated heterocycles. The van der Waals surface area contributed by atoms with Crippen molar-refractivity contribution in [1.82, 2.24) is 5.32 Å². The van der Waals surface area contributed by atoms with E-state index < -0.39 is 37.1 Å². The van der Waals surface area contributed by atoms with Crippen LogP contribution in [0.5, 0.6) is 0 Å². The molecular weight excluding hydrogens is 281 g/mol. The smallest absolute Gasteiger partial charge is 0.287 e. The number of amides is 1. The van der Waals surface area contributed by atoms with Crippen LogP contribution >= 0.6 is 0 Å². The Hall–Kier alpha value is -1.96. The van der Waals surface area contributed by atoms with Gasteiger partial charge in [0.1, 0.15) is 5.54 Å². The first-order chi connectivity index (χ1) is 9.98. The number of hydrogen-bond acceptors (Lipinski definition) is 5. The quantitative estimate of drug-likeness (QED) is 0.637. The number of rotatable bonds is 5. The average molecular weight is 297 g/mol. The van der Waals surface area contributed by atoms with Crippen LogP contribution in [-0.4, -0.2) is 46.6 Å². The average Bonchev–Trinajstić information content (AvgIpc) is 2.84. The van der Waals surface area contributed by atoms with E-state index in [1.54, 1.807) is 13.0 Å². The molecule has 0 radical (unpaired) electrons. The van der Waals surface area contributed by atoms with Crippen LogP contribution in [0.15, 0.2) is 22.6 Å². The molecule has 1 amide bonds. The molecule has 0 aliphatic rings. The second-order valence-corrected chi connectivity index (χ2v) is 4.88. The fourth-order valence-electron chi connectivity index (χ4n) is 1.99. The summed E-state index contributed by atoms with van der Waals surface area (Å²) in [6.45, 7) is -0.364. The van der Waals surface area contributed by atoms with Crippen molar-refractivity contribution in [3.63, 3.8) is 0 Å². The molecule has 1 aromatic heterocycles. The number of benzene rings is 1. The highest BCUT2D eigenvalue weighted by Gasteiger charge is 2.32. The molecular formula is C14H16FNO5. The van der Waals surface area contributed by atoms with Gasteiger partial charge in [0.15, 0.2) is 17.2 Å². The van der Waals surface area contributed by atoms with E-state index in [2.05, 4.69) is 5.32 Å². The third-order valence-corrected chi connectivity index (χ3v) is 3.41. The molecule has 114 valence electrons. The minimum Gasteiger partial charge on any atom is -0.448 e. The second-order valence-electron chi connectivity index (χ2n) is 4.88. The number of hydrogen-bond donors (Lipinski definition) is 4. The monoisotopic (exact) mass is 297 g/mol. The van der Waals surface area contributed by atoms with E-state index in [0.29, 0.717) is 10.9 Å². The van der Waals surface area contributed by atoms with Gasteiger partial charge in [-0.2, -0.15) is 0 Å². The van der Waals surface area contributed by atoms with Crippen LogP contribution in [-0.2, 0) is 0 Å². The number of furan rings is 1. The first-order valence-corrected chi connectivity index (χ1v) is 6.30. The molecule has 2 rings (SSSR count). The molecule has 7 heteroatoms. The Morgan fingerprint density at radius 3 is 2.43 bits per heavy atom. The van der Waals surface area contributed by atoms with E-state index in [9.17, 15) is 24.5 Å². The third kappa shape index (κ3) is 2.63. The summed E-state index contributed by atoms with van der Waals surface area (Å²) in [5.74, 6) is -1.47. The number of aliphatic hydroxyl groups excluding tert-OH is 3. The molecule has 1 aromatic carbocycles. The molecule has 0 bridgehead atoms. The normalized spacial score (nSPS) is 11.9. The number of aryl methyl sites for hydroxylation is 1. The van der Waals surface area contributed by atoms with Crippen molar-refractivity contribution in [2.75, 3.05) is 19.8 Å². The summed E-state index contributed by atoms with van der Waals surface area (Å²) >= 11 is 0. The van der Waals surface area contributed by atoms with Gasteiger partial charge in [0, 0.05) is 10.9 Å². The molecule has 0 aliphatic carbocycles. The maximum Gasteiger partial charge on any atom is 0.287 e. The summed E-state index contributed by atoms with van der Waals surface area (Å²) in [5.41, 5.74) is -1.17. The molecule has 0 saturated carbocycles. The van der Waals surface area contributed by atoms with Crippen molar-refractivity contribution in [1.29, 1.82) is 0 Å². The minimum absolute atomic E-state index is 0.0391. The summed E-state index contributed by atoms with van der Waals surface area (Å²) in [6, 6.07) is 4.33. The molecule has 2 aromatic rings. The Balaban J connectivity index is 2.40. The summed E-state index contributed by atoms with van der Waals surface area (Å²) < 4.78 is 18.9. The van der Waals surface area contributed by atoms with Crippen molar-refractivity contribution in [3.05, 3.63) is 35.3 Å². The second kappa shape index (κ2) is 5.80. The topological polar surface area (TPSA) is 103 Å². The van der Waals surface area contributed by atoms with Crippen LogP contribution < -0.4 is 5.32 Å². The van der Waals surface area contributed by atoms with Crippen LogP contribution in [0.4, 0.5) is 4.39 Å². The van der Waals surface area contributed by atoms with Crippen LogP contribution in [0.1, 0.15) is 16.1 Å².